The molecule has 0 bridgehead atoms. The van der Waals surface area contributed by atoms with Crippen molar-refractivity contribution in [3.8, 4) is 0 Å². The van der Waals surface area contributed by atoms with Gasteiger partial charge in [-0.3, -0.25) is 4.79 Å². The van der Waals surface area contributed by atoms with Crippen LogP contribution in [0, 0.1) is 6.92 Å². The number of hydrogen-bond acceptors (Lipinski definition) is 5. The van der Waals surface area contributed by atoms with Crippen molar-refractivity contribution in [3.05, 3.63) is 35.9 Å². The molecular weight excluding hydrogens is 272 g/mol. The third-order valence-electron chi connectivity index (χ3n) is 3.13. The molecule has 106 valence electrons. The number of amides is 1. The summed E-state index contributed by atoms with van der Waals surface area (Å²) >= 11 is 0. The zero-order valence-electron chi connectivity index (χ0n) is 10.5. The molecule has 6 nitrogen and oxygen atoms in total. The van der Waals surface area contributed by atoms with Crippen molar-refractivity contribution in [3.63, 3.8) is 0 Å². The van der Waals surface area contributed by atoms with Gasteiger partial charge in [-0.2, -0.15) is 0 Å². The molecule has 0 aromatic carbocycles. The van der Waals surface area contributed by atoms with E-state index in [0.29, 0.717) is 0 Å². The molecule has 20 heavy (non-hydrogen) atoms. The van der Waals surface area contributed by atoms with E-state index in [1.807, 2.05) is 0 Å². The van der Waals surface area contributed by atoms with Gasteiger partial charge in [-0.05, 0) is 6.07 Å². The van der Waals surface area contributed by atoms with Gasteiger partial charge < -0.3 is 13.7 Å². The van der Waals surface area contributed by atoms with E-state index in [9.17, 15) is 13.6 Å². The van der Waals surface area contributed by atoms with E-state index in [2.05, 4.69) is 10.2 Å². The van der Waals surface area contributed by atoms with Gasteiger partial charge in [0.2, 0.25) is 11.8 Å². The van der Waals surface area contributed by atoms with Crippen LogP contribution in [0.3, 0.4) is 0 Å². The molecular formula is C12H11F2N3O3. The molecule has 1 fully saturated rings. The van der Waals surface area contributed by atoms with Crippen LogP contribution in [0.1, 0.15) is 34.6 Å². The Hall–Kier alpha value is -2.25. The number of hydrogen-bond donors (Lipinski definition) is 0. The third-order valence-corrected chi connectivity index (χ3v) is 3.13. The quantitative estimate of drug-likeness (QED) is 0.844. The molecule has 2 aromatic heterocycles. The lowest BCUT2D eigenvalue weighted by Gasteiger charge is -2.20. The zero-order valence-corrected chi connectivity index (χ0v) is 10.5. The standard InChI is InChI=1S/C12H11F2N3O3/c1-7-15-16-10(20-7)9-4-12(13,14)6-17(9)11(18)8-2-3-19-5-8/h2-3,5,9H,4,6H2,1H3. The SMILES string of the molecule is Cc1nnc(C2CC(F)(F)CN2C(=O)c2ccoc2)o1. The van der Waals surface area contributed by atoms with Crippen molar-refractivity contribution in [2.45, 2.75) is 25.3 Å². The van der Waals surface area contributed by atoms with Crippen LogP contribution < -0.4 is 0 Å². The van der Waals surface area contributed by atoms with E-state index in [1.165, 1.54) is 18.6 Å². The molecule has 3 heterocycles. The van der Waals surface area contributed by atoms with Gasteiger partial charge in [-0.15, -0.1) is 10.2 Å². The maximum Gasteiger partial charge on any atom is 0.267 e. The van der Waals surface area contributed by atoms with Crippen LogP contribution in [0.5, 0.6) is 0 Å². The van der Waals surface area contributed by atoms with Crippen molar-refractivity contribution in [2.24, 2.45) is 0 Å². The number of aromatic nitrogens is 2. The first-order valence-electron chi connectivity index (χ1n) is 5.97. The van der Waals surface area contributed by atoms with Crippen molar-refractivity contribution in [1.29, 1.82) is 0 Å². The molecule has 0 spiro atoms. The van der Waals surface area contributed by atoms with Gasteiger partial charge in [-0.25, -0.2) is 8.78 Å². The zero-order chi connectivity index (χ0) is 14.3. The van der Waals surface area contributed by atoms with Gasteiger partial charge in [0.25, 0.3) is 11.8 Å². The molecule has 1 saturated heterocycles. The van der Waals surface area contributed by atoms with Crippen molar-refractivity contribution in [2.75, 3.05) is 6.54 Å². The number of alkyl halides is 2. The summed E-state index contributed by atoms with van der Waals surface area (Å²) in [5, 5.41) is 7.36. The van der Waals surface area contributed by atoms with Crippen LogP contribution in [0.15, 0.2) is 27.4 Å². The minimum Gasteiger partial charge on any atom is -0.472 e. The number of furan rings is 1. The van der Waals surface area contributed by atoms with E-state index in [1.54, 1.807) is 6.92 Å². The van der Waals surface area contributed by atoms with E-state index in [4.69, 9.17) is 8.83 Å². The number of likely N-dealkylation sites (tertiary alicyclic amines) is 1. The summed E-state index contributed by atoms with van der Waals surface area (Å²) in [6.07, 6.45) is 2.00. The largest absolute Gasteiger partial charge is 0.472 e. The fourth-order valence-electron chi connectivity index (χ4n) is 2.25. The average Bonchev–Trinajstić information content (AvgIpc) is 3.07. The number of rotatable bonds is 2. The molecule has 1 aliphatic rings. The Morgan fingerprint density at radius 3 is 2.90 bits per heavy atom. The second kappa shape index (κ2) is 4.39. The maximum absolute atomic E-state index is 13.6. The molecule has 1 unspecified atom stereocenters. The molecule has 3 rings (SSSR count). The van der Waals surface area contributed by atoms with Crippen molar-refractivity contribution in [1.82, 2.24) is 15.1 Å². The third kappa shape index (κ3) is 2.17. The molecule has 1 amide bonds. The number of carbonyl (C=O) groups excluding carboxylic acids is 1. The van der Waals surface area contributed by atoms with Gasteiger partial charge in [0.05, 0.1) is 18.4 Å². The summed E-state index contributed by atoms with van der Waals surface area (Å²) in [6, 6.07) is 0.503. The normalized spacial score (nSPS) is 21.4. The van der Waals surface area contributed by atoms with E-state index in [-0.39, 0.29) is 17.3 Å². The minimum absolute atomic E-state index is 0.0246. The number of nitrogens with zero attached hydrogens (tertiary/aromatic N) is 3. The highest BCUT2D eigenvalue weighted by atomic mass is 19.3. The summed E-state index contributed by atoms with van der Waals surface area (Å²) in [5.74, 6) is -3.23. The van der Waals surface area contributed by atoms with Gasteiger partial charge >= 0.3 is 0 Å². The second-order valence-electron chi connectivity index (χ2n) is 4.68. The fourth-order valence-corrected chi connectivity index (χ4v) is 2.25. The molecule has 1 aliphatic heterocycles. The summed E-state index contributed by atoms with van der Waals surface area (Å²) in [6.45, 7) is 0.884. The van der Waals surface area contributed by atoms with Gasteiger partial charge in [0.1, 0.15) is 12.3 Å². The van der Waals surface area contributed by atoms with Crippen LogP contribution in [-0.4, -0.2) is 33.5 Å². The lowest BCUT2D eigenvalue weighted by Crippen LogP contribution is -2.32. The highest BCUT2D eigenvalue weighted by Gasteiger charge is 2.49. The molecule has 2 aromatic rings. The van der Waals surface area contributed by atoms with Gasteiger partial charge in [0.15, 0.2) is 0 Å². The number of carbonyl (C=O) groups is 1. The first-order valence-corrected chi connectivity index (χ1v) is 5.97. The Bertz CT molecular complexity index is 624. The van der Waals surface area contributed by atoms with Gasteiger partial charge in [0, 0.05) is 13.3 Å². The molecule has 1 atom stereocenters. The Morgan fingerprint density at radius 2 is 2.30 bits per heavy atom. The van der Waals surface area contributed by atoms with Crippen molar-refractivity contribution >= 4 is 5.91 Å². The predicted molar refractivity (Wildman–Crippen MR) is 61.1 cm³/mol. The highest BCUT2D eigenvalue weighted by Crippen LogP contribution is 2.41. The summed E-state index contributed by atoms with van der Waals surface area (Å²) in [5.41, 5.74) is 0.212. The summed E-state index contributed by atoms with van der Waals surface area (Å²) in [4.78, 5) is 13.3. The maximum atomic E-state index is 13.6. The van der Waals surface area contributed by atoms with E-state index >= 15 is 0 Å². The Balaban J connectivity index is 1.93. The Morgan fingerprint density at radius 1 is 1.50 bits per heavy atom. The minimum atomic E-state index is -2.98. The lowest BCUT2D eigenvalue weighted by atomic mass is 10.2. The summed E-state index contributed by atoms with van der Waals surface area (Å²) in [7, 11) is 0. The fraction of sp³-hybridized carbons (Fsp3) is 0.417. The molecule has 0 saturated carbocycles. The molecule has 0 radical (unpaired) electrons. The first-order chi connectivity index (χ1) is 9.46. The van der Waals surface area contributed by atoms with Crippen LogP contribution in [0.2, 0.25) is 0 Å². The van der Waals surface area contributed by atoms with Gasteiger partial charge in [-0.1, -0.05) is 0 Å². The Labute approximate surface area is 112 Å². The topological polar surface area (TPSA) is 72.4 Å². The number of halogens is 2. The second-order valence-corrected chi connectivity index (χ2v) is 4.68. The van der Waals surface area contributed by atoms with E-state index < -0.39 is 30.8 Å². The van der Waals surface area contributed by atoms with Crippen LogP contribution in [0.25, 0.3) is 0 Å². The number of aryl methyl sites for hydroxylation is 1. The molecule has 0 N–H and O–H groups in total. The molecule has 8 heteroatoms. The molecule has 0 aliphatic carbocycles. The lowest BCUT2D eigenvalue weighted by molar-refractivity contribution is 0.0117. The van der Waals surface area contributed by atoms with E-state index in [0.717, 1.165) is 4.90 Å². The average molecular weight is 283 g/mol. The van der Waals surface area contributed by atoms with Crippen LogP contribution >= 0.6 is 0 Å². The predicted octanol–water partition coefficient (Wildman–Crippen LogP) is 2.19. The van der Waals surface area contributed by atoms with Crippen molar-refractivity contribution < 1.29 is 22.4 Å². The van der Waals surface area contributed by atoms with Crippen LogP contribution in [0.4, 0.5) is 8.78 Å². The monoisotopic (exact) mass is 283 g/mol. The first kappa shape index (κ1) is 12.8. The van der Waals surface area contributed by atoms with Crippen LogP contribution in [-0.2, 0) is 0 Å². The highest BCUT2D eigenvalue weighted by molar-refractivity contribution is 5.94. The smallest absolute Gasteiger partial charge is 0.267 e. The Kier molecular flexibility index (Phi) is 2.81. The summed E-state index contributed by atoms with van der Waals surface area (Å²) < 4.78 is 37.3.